The Bertz CT molecular complexity index is 854. The fourth-order valence-corrected chi connectivity index (χ4v) is 4.59. The van der Waals surface area contributed by atoms with E-state index in [0.29, 0.717) is 6.54 Å². The minimum atomic E-state index is -0.389. The maximum absolute atomic E-state index is 10.9. The standard InChI is InChI=1S/C23H30Br2N2O/c1-3-5-11-26(12-6-4-2)15-19(28)16-27-22-9-7-17(24)13-20(22)21-14-18(25)8-10-23(21)27/h7-10,13-14,19,28H,3-6,11-12,15-16H2,1-2H3. The molecule has 0 amide bonds. The van der Waals surface area contributed by atoms with E-state index in [-0.39, 0.29) is 6.10 Å². The zero-order valence-corrected chi connectivity index (χ0v) is 20.0. The molecule has 1 aromatic heterocycles. The lowest BCUT2D eigenvalue weighted by molar-refractivity contribution is 0.0982. The van der Waals surface area contributed by atoms with Crippen LogP contribution in [0.4, 0.5) is 0 Å². The molecule has 0 saturated heterocycles. The van der Waals surface area contributed by atoms with Crippen molar-refractivity contribution in [2.75, 3.05) is 19.6 Å². The van der Waals surface area contributed by atoms with E-state index < -0.39 is 0 Å². The lowest BCUT2D eigenvalue weighted by Gasteiger charge is -2.25. The van der Waals surface area contributed by atoms with Gasteiger partial charge < -0.3 is 14.6 Å². The van der Waals surface area contributed by atoms with Gasteiger partial charge in [-0.1, -0.05) is 58.5 Å². The van der Waals surface area contributed by atoms with Crippen LogP contribution in [0, 0.1) is 0 Å². The van der Waals surface area contributed by atoms with Gasteiger partial charge in [0.25, 0.3) is 0 Å². The molecule has 0 bridgehead atoms. The van der Waals surface area contributed by atoms with Crippen LogP contribution >= 0.6 is 31.9 Å². The van der Waals surface area contributed by atoms with Crippen LogP contribution in [0.5, 0.6) is 0 Å². The Labute approximate surface area is 185 Å². The molecule has 3 aromatic rings. The Morgan fingerprint density at radius 1 is 0.893 bits per heavy atom. The third kappa shape index (κ3) is 5.18. The second-order valence-corrected chi connectivity index (χ2v) is 9.43. The predicted molar refractivity (Wildman–Crippen MR) is 127 cm³/mol. The smallest absolute Gasteiger partial charge is 0.0845 e. The van der Waals surface area contributed by atoms with E-state index in [1.54, 1.807) is 0 Å². The summed E-state index contributed by atoms with van der Waals surface area (Å²) in [6, 6.07) is 12.8. The topological polar surface area (TPSA) is 28.4 Å². The van der Waals surface area contributed by atoms with Crippen LogP contribution in [0.3, 0.4) is 0 Å². The number of hydrogen-bond acceptors (Lipinski definition) is 2. The Kier molecular flexibility index (Phi) is 7.98. The van der Waals surface area contributed by atoms with Crippen LogP contribution in [0.15, 0.2) is 45.3 Å². The molecule has 0 aliphatic heterocycles. The van der Waals surface area contributed by atoms with Crippen LogP contribution in [-0.4, -0.2) is 40.3 Å². The third-order valence-corrected chi connectivity index (χ3v) is 6.29. The average molecular weight is 510 g/mol. The van der Waals surface area contributed by atoms with Crippen molar-refractivity contribution < 1.29 is 5.11 Å². The molecule has 1 unspecified atom stereocenters. The zero-order valence-electron chi connectivity index (χ0n) is 16.8. The van der Waals surface area contributed by atoms with Crippen molar-refractivity contribution in [1.29, 1.82) is 0 Å². The van der Waals surface area contributed by atoms with Gasteiger partial charge in [-0.05, 0) is 62.3 Å². The number of aliphatic hydroxyl groups is 1. The summed E-state index contributed by atoms with van der Waals surface area (Å²) in [5.74, 6) is 0. The molecule has 0 radical (unpaired) electrons. The molecular weight excluding hydrogens is 480 g/mol. The van der Waals surface area contributed by atoms with Crippen LogP contribution in [0.2, 0.25) is 0 Å². The second-order valence-electron chi connectivity index (χ2n) is 7.60. The van der Waals surface area contributed by atoms with Crippen LogP contribution in [0.1, 0.15) is 39.5 Å². The first-order chi connectivity index (χ1) is 13.5. The quantitative estimate of drug-likeness (QED) is 0.334. The predicted octanol–water partition coefficient (Wildman–Crippen LogP) is 6.58. The number of fused-ring (bicyclic) bond motifs is 3. The van der Waals surface area contributed by atoms with E-state index in [4.69, 9.17) is 0 Å². The van der Waals surface area contributed by atoms with E-state index in [0.717, 1.165) is 28.6 Å². The number of aliphatic hydroxyl groups excluding tert-OH is 1. The van der Waals surface area contributed by atoms with Gasteiger partial charge in [0.15, 0.2) is 0 Å². The minimum Gasteiger partial charge on any atom is -0.390 e. The Morgan fingerprint density at radius 2 is 1.39 bits per heavy atom. The van der Waals surface area contributed by atoms with E-state index in [2.05, 4.69) is 91.6 Å². The van der Waals surface area contributed by atoms with Crippen molar-refractivity contribution >= 4 is 53.7 Å². The van der Waals surface area contributed by atoms with Gasteiger partial charge in [-0.3, -0.25) is 0 Å². The van der Waals surface area contributed by atoms with E-state index in [9.17, 15) is 5.11 Å². The molecule has 2 aromatic carbocycles. The zero-order chi connectivity index (χ0) is 20.1. The van der Waals surface area contributed by atoms with E-state index in [1.165, 1.54) is 47.5 Å². The molecule has 152 valence electrons. The molecule has 3 rings (SSSR count). The lowest BCUT2D eigenvalue weighted by Crippen LogP contribution is -2.36. The van der Waals surface area contributed by atoms with Crippen molar-refractivity contribution in [3.8, 4) is 0 Å². The van der Waals surface area contributed by atoms with E-state index >= 15 is 0 Å². The summed E-state index contributed by atoms with van der Waals surface area (Å²) in [5.41, 5.74) is 2.34. The summed E-state index contributed by atoms with van der Waals surface area (Å²) >= 11 is 7.20. The van der Waals surface area contributed by atoms with Gasteiger partial charge in [-0.2, -0.15) is 0 Å². The molecule has 28 heavy (non-hydrogen) atoms. The van der Waals surface area contributed by atoms with Gasteiger partial charge in [-0.25, -0.2) is 0 Å². The molecule has 0 aliphatic rings. The third-order valence-electron chi connectivity index (χ3n) is 5.31. The first-order valence-electron chi connectivity index (χ1n) is 10.3. The highest BCUT2D eigenvalue weighted by molar-refractivity contribution is 9.10. The van der Waals surface area contributed by atoms with Gasteiger partial charge in [0.2, 0.25) is 0 Å². The van der Waals surface area contributed by atoms with Gasteiger partial charge in [0.1, 0.15) is 0 Å². The fraction of sp³-hybridized carbons (Fsp3) is 0.478. The monoisotopic (exact) mass is 508 g/mol. The normalized spacial score (nSPS) is 13.1. The molecule has 5 heteroatoms. The fourth-order valence-electron chi connectivity index (χ4n) is 3.87. The Balaban J connectivity index is 1.87. The number of benzene rings is 2. The maximum Gasteiger partial charge on any atom is 0.0845 e. The van der Waals surface area contributed by atoms with Crippen molar-refractivity contribution in [2.45, 2.75) is 52.2 Å². The average Bonchev–Trinajstić information content (AvgIpc) is 2.96. The number of halogens is 2. The maximum atomic E-state index is 10.9. The molecule has 0 spiro atoms. The number of aromatic nitrogens is 1. The van der Waals surface area contributed by atoms with Crippen LogP contribution in [0.25, 0.3) is 21.8 Å². The summed E-state index contributed by atoms with van der Waals surface area (Å²) in [7, 11) is 0. The van der Waals surface area contributed by atoms with Crippen molar-refractivity contribution in [3.05, 3.63) is 45.3 Å². The Morgan fingerprint density at radius 3 is 1.86 bits per heavy atom. The summed E-state index contributed by atoms with van der Waals surface area (Å²) in [6.45, 7) is 7.93. The molecule has 1 atom stereocenters. The van der Waals surface area contributed by atoms with Gasteiger partial charge in [0.05, 0.1) is 12.6 Å². The molecule has 0 saturated carbocycles. The molecule has 0 aliphatic carbocycles. The number of unbranched alkanes of at least 4 members (excludes halogenated alkanes) is 2. The summed E-state index contributed by atoms with van der Waals surface area (Å²) in [5, 5.41) is 13.4. The first kappa shape index (κ1) is 21.8. The number of rotatable bonds is 10. The summed E-state index contributed by atoms with van der Waals surface area (Å²) in [6.07, 6.45) is 4.37. The lowest BCUT2D eigenvalue weighted by atomic mass is 10.2. The highest BCUT2D eigenvalue weighted by Crippen LogP contribution is 2.33. The SMILES string of the molecule is CCCCN(CCCC)CC(O)Cn1c2ccc(Br)cc2c2cc(Br)ccc21. The van der Waals surface area contributed by atoms with Crippen molar-refractivity contribution in [2.24, 2.45) is 0 Å². The molecule has 3 nitrogen and oxygen atoms in total. The molecule has 1 N–H and O–H groups in total. The highest BCUT2D eigenvalue weighted by atomic mass is 79.9. The summed E-state index contributed by atoms with van der Waals surface area (Å²) in [4.78, 5) is 2.43. The second kappa shape index (κ2) is 10.2. The first-order valence-corrected chi connectivity index (χ1v) is 11.9. The highest BCUT2D eigenvalue weighted by Gasteiger charge is 2.17. The Hall–Kier alpha value is -0.880. The minimum absolute atomic E-state index is 0.389. The molecule has 0 fully saturated rings. The van der Waals surface area contributed by atoms with Crippen molar-refractivity contribution in [1.82, 2.24) is 9.47 Å². The number of nitrogens with zero attached hydrogens (tertiary/aromatic N) is 2. The van der Waals surface area contributed by atoms with E-state index in [1.807, 2.05) is 0 Å². The number of hydrogen-bond donors (Lipinski definition) is 1. The molecular formula is C23H30Br2N2O. The van der Waals surface area contributed by atoms with Crippen LogP contribution < -0.4 is 0 Å². The van der Waals surface area contributed by atoms with Gasteiger partial charge in [0, 0.05) is 37.3 Å². The summed E-state index contributed by atoms with van der Waals surface area (Å²) < 4.78 is 4.42. The van der Waals surface area contributed by atoms with Crippen LogP contribution in [-0.2, 0) is 6.54 Å². The van der Waals surface area contributed by atoms with Gasteiger partial charge >= 0.3 is 0 Å². The largest absolute Gasteiger partial charge is 0.390 e. The van der Waals surface area contributed by atoms with Crippen molar-refractivity contribution in [3.63, 3.8) is 0 Å². The molecule has 1 heterocycles. The van der Waals surface area contributed by atoms with Gasteiger partial charge in [-0.15, -0.1) is 0 Å².